The highest BCUT2D eigenvalue weighted by atomic mass is 32.2. The van der Waals surface area contributed by atoms with Crippen LogP contribution in [0.25, 0.3) is 0 Å². The van der Waals surface area contributed by atoms with Gasteiger partial charge in [0.15, 0.2) is 9.84 Å². The van der Waals surface area contributed by atoms with Crippen LogP contribution in [0.1, 0.15) is 10.4 Å². The van der Waals surface area contributed by atoms with E-state index < -0.39 is 15.1 Å². The number of methoxy groups -OCH3 is 1. The van der Waals surface area contributed by atoms with Crippen molar-refractivity contribution in [2.75, 3.05) is 20.2 Å². The summed E-state index contributed by atoms with van der Waals surface area (Å²) in [4.78, 5) is 14.1. The monoisotopic (exact) mass is 331 g/mol. The molecule has 0 N–H and O–H groups in total. The third kappa shape index (κ3) is 2.94. The molecule has 0 bridgehead atoms. The Morgan fingerprint density at radius 3 is 2.22 bits per heavy atom. The molecule has 1 heterocycles. The zero-order chi connectivity index (χ0) is 16.4. The maximum absolute atomic E-state index is 12.5. The minimum Gasteiger partial charge on any atom is -0.497 e. The maximum atomic E-state index is 12.5. The van der Waals surface area contributed by atoms with Gasteiger partial charge in [0.1, 0.15) is 11.0 Å². The van der Waals surface area contributed by atoms with E-state index in [0.717, 1.165) is 0 Å². The second-order valence-electron chi connectivity index (χ2n) is 5.42. The molecule has 1 fully saturated rings. The molecule has 0 aromatic heterocycles. The van der Waals surface area contributed by atoms with E-state index in [9.17, 15) is 13.2 Å². The Morgan fingerprint density at radius 2 is 1.65 bits per heavy atom. The highest BCUT2D eigenvalue weighted by Crippen LogP contribution is 2.26. The predicted octanol–water partition coefficient (Wildman–Crippen LogP) is 1.99. The summed E-state index contributed by atoms with van der Waals surface area (Å²) in [5, 5.41) is -0.552. The van der Waals surface area contributed by atoms with E-state index in [-0.39, 0.29) is 23.9 Å². The van der Waals surface area contributed by atoms with Crippen molar-refractivity contribution < 1.29 is 17.9 Å². The summed E-state index contributed by atoms with van der Waals surface area (Å²) in [6, 6.07) is 15.2. The lowest BCUT2D eigenvalue weighted by atomic mass is 10.1. The topological polar surface area (TPSA) is 63.7 Å². The fourth-order valence-electron chi connectivity index (χ4n) is 2.52. The van der Waals surface area contributed by atoms with Crippen LogP contribution in [-0.2, 0) is 9.84 Å². The second kappa shape index (κ2) is 6.04. The van der Waals surface area contributed by atoms with Gasteiger partial charge in [0.05, 0.1) is 12.0 Å². The van der Waals surface area contributed by atoms with E-state index in [2.05, 4.69) is 0 Å². The van der Waals surface area contributed by atoms with Crippen LogP contribution in [0.2, 0.25) is 0 Å². The minimum atomic E-state index is -3.43. The number of hydrogen-bond acceptors (Lipinski definition) is 4. The molecule has 23 heavy (non-hydrogen) atoms. The molecule has 1 aliphatic heterocycles. The number of hydrogen-bond donors (Lipinski definition) is 0. The van der Waals surface area contributed by atoms with Crippen molar-refractivity contribution in [3.63, 3.8) is 0 Å². The van der Waals surface area contributed by atoms with Crippen LogP contribution in [-0.4, -0.2) is 44.7 Å². The molecule has 2 aromatic carbocycles. The van der Waals surface area contributed by atoms with E-state index in [1.54, 1.807) is 41.3 Å². The highest BCUT2D eigenvalue weighted by molar-refractivity contribution is 7.92. The van der Waals surface area contributed by atoms with E-state index in [1.807, 2.05) is 6.07 Å². The fraction of sp³-hybridized carbons (Fsp3) is 0.235. The molecule has 0 aliphatic carbocycles. The highest BCUT2D eigenvalue weighted by Gasteiger charge is 2.40. The van der Waals surface area contributed by atoms with Crippen LogP contribution in [0.5, 0.6) is 5.75 Å². The van der Waals surface area contributed by atoms with Gasteiger partial charge in [0, 0.05) is 18.7 Å². The molecule has 0 atom stereocenters. The summed E-state index contributed by atoms with van der Waals surface area (Å²) in [5.41, 5.74) is 0.577. The zero-order valence-electron chi connectivity index (χ0n) is 12.7. The average Bonchev–Trinajstić information content (AvgIpc) is 2.54. The Bertz CT molecular complexity index is 794. The van der Waals surface area contributed by atoms with E-state index in [0.29, 0.717) is 11.3 Å². The largest absolute Gasteiger partial charge is 0.497 e. The number of sulfone groups is 1. The molecule has 2 aromatic rings. The van der Waals surface area contributed by atoms with Crippen molar-refractivity contribution >= 4 is 15.7 Å². The summed E-state index contributed by atoms with van der Waals surface area (Å²) in [5.74, 6) is 0.477. The molecule has 0 unspecified atom stereocenters. The zero-order valence-corrected chi connectivity index (χ0v) is 13.5. The lowest BCUT2D eigenvalue weighted by Gasteiger charge is -2.38. The van der Waals surface area contributed by atoms with Gasteiger partial charge in [-0.1, -0.05) is 18.2 Å². The molecular weight excluding hydrogens is 314 g/mol. The molecule has 0 radical (unpaired) electrons. The van der Waals surface area contributed by atoms with E-state index in [4.69, 9.17) is 4.74 Å². The van der Waals surface area contributed by atoms with Crippen LogP contribution < -0.4 is 4.74 Å². The van der Waals surface area contributed by atoms with Gasteiger partial charge in [-0.25, -0.2) is 8.42 Å². The van der Waals surface area contributed by atoms with Crippen LogP contribution >= 0.6 is 0 Å². The first-order chi connectivity index (χ1) is 11.0. The molecule has 5 nitrogen and oxygen atoms in total. The predicted molar refractivity (Wildman–Crippen MR) is 86.3 cm³/mol. The Labute approximate surface area is 135 Å². The van der Waals surface area contributed by atoms with Gasteiger partial charge in [-0.15, -0.1) is 0 Å². The molecule has 120 valence electrons. The average molecular weight is 331 g/mol. The number of rotatable bonds is 4. The van der Waals surface area contributed by atoms with Crippen molar-refractivity contribution in [2.45, 2.75) is 10.1 Å². The summed E-state index contributed by atoms with van der Waals surface area (Å²) in [7, 11) is -1.90. The van der Waals surface area contributed by atoms with Gasteiger partial charge < -0.3 is 9.64 Å². The number of carbonyl (C=O) groups excluding carboxylic acids is 1. The van der Waals surface area contributed by atoms with Crippen molar-refractivity contribution in [1.29, 1.82) is 0 Å². The molecule has 1 amide bonds. The second-order valence-corrected chi connectivity index (χ2v) is 7.65. The third-order valence-corrected chi connectivity index (χ3v) is 6.09. The summed E-state index contributed by atoms with van der Waals surface area (Å²) < 4.78 is 30.1. The van der Waals surface area contributed by atoms with Crippen molar-refractivity contribution in [3.05, 3.63) is 60.2 Å². The summed E-state index contributed by atoms with van der Waals surface area (Å²) >= 11 is 0. The van der Waals surface area contributed by atoms with E-state index in [1.165, 1.54) is 19.2 Å². The number of likely N-dealkylation sites (tertiary alicyclic amines) is 1. The van der Waals surface area contributed by atoms with E-state index >= 15 is 0 Å². The third-order valence-electron chi connectivity index (χ3n) is 3.98. The van der Waals surface area contributed by atoms with Gasteiger partial charge >= 0.3 is 0 Å². The van der Waals surface area contributed by atoms with Crippen LogP contribution in [0.3, 0.4) is 0 Å². The standard InChI is InChI=1S/C17H17NO4S/c1-22-14-7-9-15(10-8-14)23(20,21)16-11-18(12-16)17(19)13-5-3-2-4-6-13/h2-10,16H,11-12H2,1H3. The molecule has 1 aliphatic rings. The Hall–Kier alpha value is -2.34. The van der Waals surface area contributed by atoms with Crippen molar-refractivity contribution in [2.24, 2.45) is 0 Å². The first kappa shape index (κ1) is 15.6. The van der Waals surface area contributed by atoms with Gasteiger partial charge in [0.25, 0.3) is 5.91 Å². The minimum absolute atomic E-state index is 0.133. The van der Waals surface area contributed by atoms with Crippen molar-refractivity contribution in [1.82, 2.24) is 4.90 Å². The first-order valence-corrected chi connectivity index (χ1v) is 8.79. The Kier molecular flexibility index (Phi) is 4.09. The van der Waals surface area contributed by atoms with Crippen LogP contribution in [0, 0.1) is 0 Å². The number of nitrogens with zero attached hydrogens (tertiary/aromatic N) is 1. The van der Waals surface area contributed by atoms with Gasteiger partial charge in [-0.3, -0.25) is 4.79 Å². The summed E-state index contributed by atoms with van der Waals surface area (Å²) in [6.45, 7) is 0.449. The van der Waals surface area contributed by atoms with Crippen LogP contribution in [0.4, 0.5) is 0 Å². The molecule has 6 heteroatoms. The first-order valence-electron chi connectivity index (χ1n) is 7.24. The number of carbonyl (C=O) groups is 1. The quantitative estimate of drug-likeness (QED) is 0.859. The SMILES string of the molecule is COc1ccc(S(=O)(=O)C2CN(C(=O)c3ccccc3)C2)cc1. The molecule has 0 spiro atoms. The van der Waals surface area contributed by atoms with Crippen molar-refractivity contribution in [3.8, 4) is 5.75 Å². The smallest absolute Gasteiger partial charge is 0.253 e. The molecule has 0 saturated carbocycles. The fourth-order valence-corrected chi connectivity index (χ4v) is 4.17. The summed E-state index contributed by atoms with van der Waals surface area (Å²) in [6.07, 6.45) is 0. The number of benzene rings is 2. The normalized spacial score (nSPS) is 15.1. The molecule has 1 saturated heterocycles. The number of ether oxygens (including phenoxy) is 1. The maximum Gasteiger partial charge on any atom is 0.253 e. The molecular formula is C17H17NO4S. The Morgan fingerprint density at radius 1 is 1.04 bits per heavy atom. The lowest BCUT2D eigenvalue weighted by molar-refractivity contribution is 0.0659. The van der Waals surface area contributed by atoms with Gasteiger partial charge in [-0.2, -0.15) is 0 Å². The molecule has 3 rings (SSSR count). The Balaban J connectivity index is 1.69. The van der Waals surface area contributed by atoms with Crippen LogP contribution in [0.15, 0.2) is 59.5 Å². The number of amides is 1. The van der Waals surface area contributed by atoms with Gasteiger partial charge in [0.2, 0.25) is 0 Å². The lowest BCUT2D eigenvalue weighted by Crippen LogP contribution is -2.56. The van der Waals surface area contributed by atoms with Gasteiger partial charge in [-0.05, 0) is 36.4 Å².